The first-order valence-electron chi connectivity index (χ1n) is 7.93. The zero-order chi connectivity index (χ0) is 19.3. The monoisotopic (exact) mass is 378 g/mol. The standard InChI is InChI=1S/C16H18F4N2O4/c17-12-7-11(5-6-13(12)26-8-16(18,19)20)22-15(25)21-10-3-1-9(2-4-10)14(23)24/h5-7,9-10H,1-4,8H2,(H,23,24)(H2,21,22,25). The van der Waals surface area contributed by atoms with E-state index in [0.717, 1.165) is 12.1 Å². The predicted octanol–water partition coefficient (Wildman–Crippen LogP) is 3.53. The normalized spacial score (nSPS) is 20.3. The zero-order valence-corrected chi connectivity index (χ0v) is 13.6. The molecule has 0 saturated heterocycles. The van der Waals surface area contributed by atoms with Crippen molar-refractivity contribution in [1.82, 2.24) is 5.32 Å². The van der Waals surface area contributed by atoms with Gasteiger partial charge in [0.25, 0.3) is 0 Å². The van der Waals surface area contributed by atoms with Crippen molar-refractivity contribution in [2.75, 3.05) is 11.9 Å². The number of benzene rings is 1. The maximum absolute atomic E-state index is 13.7. The molecule has 0 bridgehead atoms. The van der Waals surface area contributed by atoms with Gasteiger partial charge >= 0.3 is 18.2 Å². The van der Waals surface area contributed by atoms with E-state index in [2.05, 4.69) is 15.4 Å². The molecule has 1 aliphatic rings. The highest BCUT2D eigenvalue weighted by atomic mass is 19.4. The van der Waals surface area contributed by atoms with Crippen molar-refractivity contribution in [2.45, 2.75) is 37.9 Å². The van der Waals surface area contributed by atoms with Gasteiger partial charge in [0.2, 0.25) is 0 Å². The molecule has 1 aromatic carbocycles. The first-order chi connectivity index (χ1) is 12.1. The Morgan fingerprint density at radius 2 is 1.85 bits per heavy atom. The van der Waals surface area contributed by atoms with Gasteiger partial charge in [0.05, 0.1) is 5.92 Å². The smallest absolute Gasteiger partial charge is 0.422 e. The Balaban J connectivity index is 1.84. The van der Waals surface area contributed by atoms with E-state index in [9.17, 15) is 27.2 Å². The highest BCUT2D eigenvalue weighted by Gasteiger charge is 2.29. The van der Waals surface area contributed by atoms with E-state index in [1.165, 1.54) is 6.07 Å². The number of anilines is 1. The molecule has 1 fully saturated rings. The van der Waals surface area contributed by atoms with Crippen LogP contribution >= 0.6 is 0 Å². The number of amides is 2. The summed E-state index contributed by atoms with van der Waals surface area (Å²) in [6.45, 7) is -1.61. The number of hydrogen-bond donors (Lipinski definition) is 3. The number of rotatable bonds is 5. The summed E-state index contributed by atoms with van der Waals surface area (Å²) < 4.78 is 54.3. The fourth-order valence-corrected chi connectivity index (χ4v) is 2.69. The van der Waals surface area contributed by atoms with Crippen molar-refractivity contribution in [2.24, 2.45) is 5.92 Å². The van der Waals surface area contributed by atoms with Crippen molar-refractivity contribution in [3.8, 4) is 5.75 Å². The lowest BCUT2D eigenvalue weighted by Gasteiger charge is -2.26. The van der Waals surface area contributed by atoms with Gasteiger partial charge in [-0.15, -0.1) is 0 Å². The Hall–Kier alpha value is -2.52. The van der Waals surface area contributed by atoms with Crippen molar-refractivity contribution in [1.29, 1.82) is 0 Å². The van der Waals surface area contributed by atoms with Crippen LogP contribution in [-0.2, 0) is 4.79 Å². The fraction of sp³-hybridized carbons (Fsp3) is 0.500. The molecule has 3 N–H and O–H groups in total. The van der Waals surface area contributed by atoms with E-state index in [1.54, 1.807) is 0 Å². The number of alkyl halides is 3. The quantitative estimate of drug-likeness (QED) is 0.684. The summed E-state index contributed by atoms with van der Waals surface area (Å²) in [7, 11) is 0. The number of aliphatic carboxylic acids is 1. The van der Waals surface area contributed by atoms with Gasteiger partial charge in [0, 0.05) is 17.8 Å². The molecular formula is C16H18F4N2O4. The largest absolute Gasteiger partial charge is 0.481 e. The summed E-state index contributed by atoms with van der Waals surface area (Å²) in [5.74, 6) is -2.86. The molecular weight excluding hydrogens is 360 g/mol. The van der Waals surface area contributed by atoms with Crippen molar-refractivity contribution < 1.29 is 37.0 Å². The van der Waals surface area contributed by atoms with Crippen LogP contribution in [0.5, 0.6) is 5.75 Å². The average Bonchev–Trinajstić information content (AvgIpc) is 2.53. The fourth-order valence-electron chi connectivity index (χ4n) is 2.69. The second kappa shape index (κ2) is 8.24. The number of halogens is 4. The minimum Gasteiger partial charge on any atom is -0.481 e. The van der Waals surface area contributed by atoms with Crippen LogP contribution in [0.25, 0.3) is 0 Å². The SMILES string of the molecule is O=C(Nc1ccc(OCC(F)(F)F)c(F)c1)NC1CCC(C(=O)O)CC1. The van der Waals surface area contributed by atoms with Gasteiger partial charge in [-0.2, -0.15) is 13.2 Å². The molecule has 10 heteroatoms. The topological polar surface area (TPSA) is 87.7 Å². The van der Waals surface area contributed by atoms with E-state index >= 15 is 0 Å². The third-order valence-electron chi connectivity index (χ3n) is 3.99. The summed E-state index contributed by atoms with van der Waals surface area (Å²) in [6, 6.07) is 2.27. The molecule has 144 valence electrons. The average molecular weight is 378 g/mol. The lowest BCUT2D eigenvalue weighted by molar-refractivity contribution is -0.153. The van der Waals surface area contributed by atoms with Gasteiger partial charge in [0.15, 0.2) is 18.2 Å². The lowest BCUT2D eigenvalue weighted by Crippen LogP contribution is -2.41. The van der Waals surface area contributed by atoms with Crippen molar-refractivity contribution in [3.05, 3.63) is 24.0 Å². The number of hydrogen-bond acceptors (Lipinski definition) is 3. The third kappa shape index (κ3) is 6.08. The van der Waals surface area contributed by atoms with Crippen LogP contribution in [0.4, 0.5) is 28.0 Å². The van der Waals surface area contributed by atoms with Gasteiger partial charge in [0.1, 0.15) is 0 Å². The molecule has 1 aliphatic carbocycles. The van der Waals surface area contributed by atoms with Crippen molar-refractivity contribution >= 4 is 17.7 Å². The molecule has 0 spiro atoms. The first kappa shape index (κ1) is 19.8. The molecule has 0 atom stereocenters. The Morgan fingerprint density at radius 3 is 2.38 bits per heavy atom. The number of carbonyl (C=O) groups excluding carboxylic acids is 1. The van der Waals surface area contributed by atoms with Crippen molar-refractivity contribution in [3.63, 3.8) is 0 Å². The summed E-state index contributed by atoms with van der Waals surface area (Å²) in [5, 5.41) is 14.0. The van der Waals surface area contributed by atoms with Crippen LogP contribution in [0.3, 0.4) is 0 Å². The summed E-state index contributed by atoms with van der Waals surface area (Å²) in [6.07, 6.45) is -2.63. The van der Waals surface area contributed by atoms with Crippen LogP contribution in [0.15, 0.2) is 18.2 Å². The molecule has 1 aromatic rings. The predicted molar refractivity (Wildman–Crippen MR) is 83.5 cm³/mol. The molecule has 1 saturated carbocycles. The van der Waals surface area contributed by atoms with E-state index in [-0.39, 0.29) is 11.7 Å². The van der Waals surface area contributed by atoms with E-state index < -0.39 is 42.3 Å². The number of carboxylic acids is 1. The van der Waals surface area contributed by atoms with Gasteiger partial charge in [-0.05, 0) is 37.8 Å². The minimum absolute atomic E-state index is 0.0542. The second-order valence-corrected chi connectivity index (χ2v) is 6.03. The number of carbonyl (C=O) groups is 2. The minimum atomic E-state index is -4.58. The summed E-state index contributed by atoms with van der Waals surface area (Å²) in [4.78, 5) is 22.8. The van der Waals surface area contributed by atoms with Crippen LogP contribution in [0.1, 0.15) is 25.7 Å². The maximum atomic E-state index is 13.7. The van der Waals surface area contributed by atoms with Crippen LogP contribution in [0.2, 0.25) is 0 Å². The number of ether oxygens (including phenoxy) is 1. The summed E-state index contributed by atoms with van der Waals surface area (Å²) >= 11 is 0. The van der Waals surface area contributed by atoms with E-state index in [1.807, 2.05) is 0 Å². The van der Waals surface area contributed by atoms with E-state index in [4.69, 9.17) is 5.11 Å². The molecule has 0 aliphatic heterocycles. The highest BCUT2D eigenvalue weighted by Crippen LogP contribution is 2.25. The Bertz CT molecular complexity index is 658. The third-order valence-corrected chi connectivity index (χ3v) is 3.99. The number of nitrogens with one attached hydrogen (secondary N) is 2. The molecule has 0 aromatic heterocycles. The van der Waals surface area contributed by atoms with Crippen LogP contribution < -0.4 is 15.4 Å². The molecule has 2 amide bonds. The molecule has 0 unspecified atom stereocenters. The maximum Gasteiger partial charge on any atom is 0.422 e. The van der Waals surface area contributed by atoms with Crippen LogP contribution in [0, 0.1) is 11.7 Å². The molecule has 0 radical (unpaired) electrons. The lowest BCUT2D eigenvalue weighted by atomic mass is 9.86. The van der Waals surface area contributed by atoms with Gasteiger partial charge in [-0.3, -0.25) is 4.79 Å². The Morgan fingerprint density at radius 1 is 1.19 bits per heavy atom. The zero-order valence-electron chi connectivity index (χ0n) is 13.6. The summed E-state index contributed by atoms with van der Waals surface area (Å²) in [5.41, 5.74) is 0.0542. The van der Waals surface area contributed by atoms with Gasteiger partial charge in [-0.1, -0.05) is 0 Å². The Labute approximate surface area is 146 Å². The first-order valence-corrected chi connectivity index (χ1v) is 7.93. The molecule has 2 rings (SSSR count). The molecule has 6 nitrogen and oxygen atoms in total. The molecule has 26 heavy (non-hydrogen) atoms. The molecule has 0 heterocycles. The van der Waals surface area contributed by atoms with Gasteiger partial charge < -0.3 is 20.5 Å². The second-order valence-electron chi connectivity index (χ2n) is 6.03. The van der Waals surface area contributed by atoms with Crippen LogP contribution in [-0.4, -0.2) is 35.9 Å². The number of urea groups is 1. The number of carboxylic acid groups (broad SMARTS) is 1. The van der Waals surface area contributed by atoms with Gasteiger partial charge in [-0.25, -0.2) is 9.18 Å². The Kier molecular flexibility index (Phi) is 6.27. The highest BCUT2D eigenvalue weighted by molar-refractivity contribution is 5.89. The van der Waals surface area contributed by atoms with E-state index in [0.29, 0.717) is 25.7 Å².